The van der Waals surface area contributed by atoms with Gasteiger partial charge in [-0.15, -0.1) is 0 Å². The van der Waals surface area contributed by atoms with Crippen molar-refractivity contribution in [1.29, 1.82) is 0 Å². The summed E-state index contributed by atoms with van der Waals surface area (Å²) in [5.41, 5.74) is 5.71. The maximum atomic E-state index is 10.4. The van der Waals surface area contributed by atoms with Gasteiger partial charge in [-0.3, -0.25) is 0 Å². The molecule has 2 aromatic carbocycles. The average Bonchev–Trinajstić information content (AvgIpc) is 2.39. The average molecular weight is 268 g/mol. The lowest BCUT2D eigenvalue weighted by atomic mass is 9.90. The SMILES string of the molecule is Cc1ccc2c(c1)[C@@H](O)CC(c1c(C)cccc1C)O2. The zero-order valence-corrected chi connectivity index (χ0v) is 12.2. The molecule has 104 valence electrons. The highest BCUT2D eigenvalue weighted by Crippen LogP contribution is 2.42. The molecule has 0 fully saturated rings. The van der Waals surface area contributed by atoms with E-state index in [9.17, 15) is 5.11 Å². The Morgan fingerprint density at radius 1 is 1.05 bits per heavy atom. The van der Waals surface area contributed by atoms with Gasteiger partial charge in [-0.1, -0.05) is 29.8 Å². The third kappa shape index (κ3) is 2.20. The number of ether oxygens (including phenoxy) is 1. The molecule has 0 radical (unpaired) electrons. The van der Waals surface area contributed by atoms with Crippen LogP contribution in [-0.2, 0) is 0 Å². The Bertz CT molecular complexity index is 626. The maximum Gasteiger partial charge on any atom is 0.127 e. The van der Waals surface area contributed by atoms with Crippen LogP contribution in [0.5, 0.6) is 5.75 Å². The van der Waals surface area contributed by atoms with E-state index in [1.165, 1.54) is 16.7 Å². The van der Waals surface area contributed by atoms with Crippen molar-refractivity contribution in [3.05, 3.63) is 64.2 Å². The lowest BCUT2D eigenvalue weighted by molar-refractivity contribution is 0.0651. The van der Waals surface area contributed by atoms with Gasteiger partial charge in [-0.05, 0) is 49.6 Å². The van der Waals surface area contributed by atoms with Crippen molar-refractivity contribution >= 4 is 0 Å². The summed E-state index contributed by atoms with van der Waals surface area (Å²) in [5.74, 6) is 0.807. The van der Waals surface area contributed by atoms with Crippen LogP contribution in [0.15, 0.2) is 36.4 Å². The zero-order chi connectivity index (χ0) is 14.3. The molecule has 0 aliphatic carbocycles. The lowest BCUT2D eigenvalue weighted by Gasteiger charge is -2.31. The molecule has 1 aliphatic heterocycles. The summed E-state index contributed by atoms with van der Waals surface area (Å²) in [4.78, 5) is 0. The number of aryl methyl sites for hydroxylation is 3. The Labute approximate surface area is 120 Å². The topological polar surface area (TPSA) is 29.5 Å². The molecule has 20 heavy (non-hydrogen) atoms. The summed E-state index contributed by atoms with van der Waals surface area (Å²) in [6.45, 7) is 6.23. The van der Waals surface area contributed by atoms with Crippen molar-refractivity contribution in [3.8, 4) is 5.75 Å². The number of hydrogen-bond acceptors (Lipinski definition) is 2. The molecule has 0 aromatic heterocycles. The largest absolute Gasteiger partial charge is 0.485 e. The Balaban J connectivity index is 2.01. The number of fused-ring (bicyclic) bond motifs is 1. The molecule has 0 spiro atoms. The van der Waals surface area contributed by atoms with Crippen LogP contribution >= 0.6 is 0 Å². The van der Waals surface area contributed by atoms with Gasteiger partial charge in [-0.2, -0.15) is 0 Å². The third-order valence-corrected chi connectivity index (χ3v) is 4.09. The normalized spacial score (nSPS) is 21.2. The highest BCUT2D eigenvalue weighted by molar-refractivity contribution is 5.43. The Kier molecular flexibility index (Phi) is 3.27. The minimum absolute atomic E-state index is 0.0681. The van der Waals surface area contributed by atoms with Gasteiger partial charge in [-0.25, -0.2) is 0 Å². The Morgan fingerprint density at radius 2 is 1.75 bits per heavy atom. The Hall–Kier alpha value is -1.80. The van der Waals surface area contributed by atoms with Crippen LogP contribution in [0.2, 0.25) is 0 Å². The first-order valence-electron chi connectivity index (χ1n) is 7.07. The van der Waals surface area contributed by atoms with Crippen LogP contribution in [0.25, 0.3) is 0 Å². The van der Waals surface area contributed by atoms with Gasteiger partial charge in [0.2, 0.25) is 0 Å². The quantitative estimate of drug-likeness (QED) is 0.841. The molecule has 2 heteroatoms. The number of hydrogen-bond donors (Lipinski definition) is 1. The fourth-order valence-corrected chi connectivity index (χ4v) is 3.08. The molecule has 1 unspecified atom stereocenters. The molecular formula is C18H20O2. The highest BCUT2D eigenvalue weighted by Gasteiger charge is 2.29. The van der Waals surface area contributed by atoms with Crippen LogP contribution in [0.3, 0.4) is 0 Å². The molecule has 0 bridgehead atoms. The summed E-state index contributed by atoms with van der Waals surface area (Å²) in [5, 5.41) is 10.4. The van der Waals surface area contributed by atoms with Gasteiger partial charge in [0.05, 0.1) is 6.10 Å². The van der Waals surface area contributed by atoms with Crippen LogP contribution in [-0.4, -0.2) is 5.11 Å². The van der Waals surface area contributed by atoms with E-state index in [2.05, 4.69) is 32.0 Å². The van der Waals surface area contributed by atoms with Gasteiger partial charge in [0.15, 0.2) is 0 Å². The number of aliphatic hydroxyl groups excluding tert-OH is 1. The maximum absolute atomic E-state index is 10.4. The molecule has 1 N–H and O–H groups in total. The van der Waals surface area contributed by atoms with Gasteiger partial charge in [0.25, 0.3) is 0 Å². The van der Waals surface area contributed by atoms with E-state index in [0.717, 1.165) is 16.9 Å². The standard InChI is InChI=1S/C18H20O2/c1-11-7-8-16-14(9-11)15(19)10-17(20-16)18-12(2)5-4-6-13(18)3/h4-9,15,17,19H,10H2,1-3H3/t15-,17?/m0/s1. The van der Waals surface area contributed by atoms with Gasteiger partial charge in [0.1, 0.15) is 11.9 Å². The number of rotatable bonds is 1. The first kappa shape index (κ1) is 13.2. The van der Waals surface area contributed by atoms with Crippen LogP contribution in [0.4, 0.5) is 0 Å². The third-order valence-electron chi connectivity index (χ3n) is 4.09. The Morgan fingerprint density at radius 3 is 2.45 bits per heavy atom. The van der Waals surface area contributed by atoms with Crippen molar-refractivity contribution in [2.75, 3.05) is 0 Å². The number of benzene rings is 2. The molecule has 3 rings (SSSR count). The van der Waals surface area contributed by atoms with E-state index < -0.39 is 6.10 Å². The summed E-state index contributed by atoms with van der Waals surface area (Å²) in [6.07, 6.45) is 0.0892. The summed E-state index contributed by atoms with van der Waals surface area (Å²) < 4.78 is 6.15. The van der Waals surface area contributed by atoms with Crippen LogP contribution in [0.1, 0.15) is 46.4 Å². The van der Waals surface area contributed by atoms with Crippen LogP contribution in [0, 0.1) is 20.8 Å². The molecule has 0 saturated carbocycles. The predicted octanol–water partition coefficient (Wildman–Crippen LogP) is 4.17. The smallest absolute Gasteiger partial charge is 0.127 e. The molecule has 1 heterocycles. The second-order valence-electron chi connectivity index (χ2n) is 5.70. The minimum atomic E-state index is -0.456. The molecule has 1 aliphatic rings. The molecule has 0 saturated heterocycles. The van der Waals surface area contributed by atoms with Gasteiger partial charge < -0.3 is 9.84 Å². The minimum Gasteiger partial charge on any atom is -0.485 e. The molecule has 2 atom stereocenters. The summed E-state index contributed by atoms with van der Waals surface area (Å²) in [7, 11) is 0. The fraction of sp³-hybridized carbons (Fsp3) is 0.333. The van der Waals surface area contributed by atoms with Gasteiger partial charge >= 0.3 is 0 Å². The first-order valence-corrected chi connectivity index (χ1v) is 7.07. The lowest BCUT2D eigenvalue weighted by Crippen LogP contribution is -2.20. The fourth-order valence-electron chi connectivity index (χ4n) is 3.08. The van der Waals surface area contributed by atoms with E-state index in [4.69, 9.17) is 4.74 Å². The van der Waals surface area contributed by atoms with E-state index in [1.807, 2.05) is 25.1 Å². The summed E-state index contributed by atoms with van der Waals surface area (Å²) in [6, 6.07) is 12.3. The predicted molar refractivity (Wildman–Crippen MR) is 80.0 cm³/mol. The zero-order valence-electron chi connectivity index (χ0n) is 12.2. The van der Waals surface area contributed by atoms with Crippen molar-refractivity contribution < 1.29 is 9.84 Å². The van der Waals surface area contributed by atoms with Crippen LogP contribution < -0.4 is 4.74 Å². The number of aliphatic hydroxyl groups is 1. The van der Waals surface area contributed by atoms with Gasteiger partial charge in [0, 0.05) is 12.0 Å². The molecule has 2 aromatic rings. The summed E-state index contributed by atoms with van der Waals surface area (Å²) >= 11 is 0. The van der Waals surface area contributed by atoms with Crippen molar-refractivity contribution in [2.24, 2.45) is 0 Å². The first-order chi connectivity index (χ1) is 9.56. The molecule has 0 amide bonds. The van der Waals surface area contributed by atoms with Crippen molar-refractivity contribution in [2.45, 2.75) is 39.4 Å². The monoisotopic (exact) mass is 268 g/mol. The molecule has 2 nitrogen and oxygen atoms in total. The highest BCUT2D eigenvalue weighted by atomic mass is 16.5. The molecular weight excluding hydrogens is 248 g/mol. The van der Waals surface area contributed by atoms with E-state index in [0.29, 0.717) is 6.42 Å². The van der Waals surface area contributed by atoms with E-state index in [-0.39, 0.29) is 6.10 Å². The van der Waals surface area contributed by atoms with E-state index in [1.54, 1.807) is 0 Å². The van der Waals surface area contributed by atoms with E-state index >= 15 is 0 Å². The second kappa shape index (κ2) is 4.95. The van der Waals surface area contributed by atoms with Crippen molar-refractivity contribution in [1.82, 2.24) is 0 Å². The second-order valence-corrected chi connectivity index (χ2v) is 5.70. The van der Waals surface area contributed by atoms with Crippen molar-refractivity contribution in [3.63, 3.8) is 0 Å².